The Morgan fingerprint density at radius 3 is 2.60 bits per heavy atom. The first kappa shape index (κ1) is 15.4. The molecule has 126 valence electrons. The second-order valence-corrected chi connectivity index (χ2v) is 6.20. The molecule has 1 fully saturated rings. The van der Waals surface area contributed by atoms with Crippen LogP contribution in [0.4, 0.5) is 0 Å². The summed E-state index contributed by atoms with van der Waals surface area (Å²) < 4.78 is 5.97. The van der Waals surface area contributed by atoms with Gasteiger partial charge in [0.25, 0.3) is 0 Å². The highest BCUT2D eigenvalue weighted by Crippen LogP contribution is 2.28. The number of rotatable bonds is 4. The van der Waals surface area contributed by atoms with Gasteiger partial charge < -0.3 is 15.1 Å². The van der Waals surface area contributed by atoms with Crippen molar-refractivity contribution in [2.24, 2.45) is 0 Å². The van der Waals surface area contributed by atoms with Gasteiger partial charge in [-0.05, 0) is 24.1 Å². The van der Waals surface area contributed by atoms with Crippen LogP contribution in [0.25, 0.3) is 11.0 Å². The highest BCUT2D eigenvalue weighted by Gasteiger charge is 2.30. The van der Waals surface area contributed by atoms with Crippen molar-refractivity contribution >= 4 is 22.8 Å². The number of fused-ring (bicyclic) bond motifs is 1. The lowest BCUT2D eigenvalue weighted by Gasteiger charge is -2.19. The van der Waals surface area contributed by atoms with Crippen molar-refractivity contribution in [2.45, 2.75) is 24.9 Å². The second-order valence-electron chi connectivity index (χ2n) is 6.20. The summed E-state index contributed by atoms with van der Waals surface area (Å²) in [7, 11) is 0. The quantitative estimate of drug-likeness (QED) is 0.771. The number of nitrogens with one attached hydrogen (secondary N) is 2. The molecule has 0 aliphatic carbocycles. The zero-order chi connectivity index (χ0) is 17.2. The molecular formula is C20H18N2O3. The molecule has 1 aliphatic rings. The first-order valence-corrected chi connectivity index (χ1v) is 8.34. The summed E-state index contributed by atoms with van der Waals surface area (Å²) >= 11 is 0. The molecule has 2 atom stereocenters. The fourth-order valence-corrected chi connectivity index (χ4v) is 3.16. The van der Waals surface area contributed by atoms with E-state index in [0.717, 1.165) is 16.5 Å². The third-order valence-corrected chi connectivity index (χ3v) is 4.46. The van der Waals surface area contributed by atoms with Gasteiger partial charge in [0.2, 0.25) is 11.8 Å². The number of benzene rings is 2. The molecule has 0 saturated carbocycles. The first-order valence-electron chi connectivity index (χ1n) is 8.34. The Kier molecular flexibility index (Phi) is 3.98. The number of amides is 2. The minimum absolute atomic E-state index is 0.0832. The molecule has 2 amide bonds. The van der Waals surface area contributed by atoms with E-state index in [4.69, 9.17) is 4.42 Å². The van der Waals surface area contributed by atoms with E-state index in [1.807, 2.05) is 60.7 Å². The fraction of sp³-hybridized carbons (Fsp3) is 0.200. The van der Waals surface area contributed by atoms with E-state index in [9.17, 15) is 9.59 Å². The van der Waals surface area contributed by atoms with Crippen LogP contribution in [0.2, 0.25) is 0 Å². The molecule has 0 radical (unpaired) electrons. The van der Waals surface area contributed by atoms with Gasteiger partial charge in [0.05, 0.1) is 0 Å². The summed E-state index contributed by atoms with van der Waals surface area (Å²) in [5.41, 5.74) is 1.71. The molecule has 0 spiro atoms. The first-order chi connectivity index (χ1) is 12.2. The van der Waals surface area contributed by atoms with Crippen LogP contribution >= 0.6 is 0 Å². The SMILES string of the molecule is O=C1CC[C@@H](C(=O)N[C@@H](c2ccccc2)c2cc3ccccc3o2)N1. The molecule has 0 unspecified atom stereocenters. The molecule has 2 N–H and O–H groups in total. The number of hydrogen-bond acceptors (Lipinski definition) is 3. The molecule has 4 rings (SSSR count). The minimum atomic E-state index is -0.483. The average Bonchev–Trinajstić information content (AvgIpc) is 3.26. The molecule has 5 heteroatoms. The minimum Gasteiger partial charge on any atom is -0.459 e. The largest absolute Gasteiger partial charge is 0.459 e. The van der Waals surface area contributed by atoms with Crippen LogP contribution in [-0.4, -0.2) is 17.9 Å². The number of carbonyl (C=O) groups is 2. The maximum absolute atomic E-state index is 12.6. The van der Waals surface area contributed by atoms with E-state index < -0.39 is 12.1 Å². The van der Waals surface area contributed by atoms with E-state index >= 15 is 0 Å². The van der Waals surface area contributed by atoms with E-state index in [1.54, 1.807) is 0 Å². The lowest BCUT2D eigenvalue weighted by Crippen LogP contribution is -2.43. The highest BCUT2D eigenvalue weighted by atomic mass is 16.3. The van der Waals surface area contributed by atoms with Crippen LogP contribution in [0.3, 0.4) is 0 Å². The Hall–Kier alpha value is -3.08. The molecule has 2 aromatic carbocycles. The zero-order valence-corrected chi connectivity index (χ0v) is 13.6. The van der Waals surface area contributed by atoms with Crippen molar-refractivity contribution in [2.75, 3.05) is 0 Å². The van der Waals surface area contributed by atoms with Crippen molar-refractivity contribution < 1.29 is 14.0 Å². The summed E-state index contributed by atoms with van der Waals surface area (Å²) in [6.07, 6.45) is 0.908. The monoisotopic (exact) mass is 334 g/mol. The molecule has 3 aromatic rings. The summed E-state index contributed by atoms with van der Waals surface area (Å²) in [6, 6.07) is 18.5. The standard InChI is InChI=1S/C20H18N2O3/c23-18-11-10-15(21-18)20(24)22-19(13-6-2-1-3-7-13)17-12-14-8-4-5-9-16(14)25-17/h1-9,12,15,19H,10-11H2,(H,21,23)(H,22,24)/t15-,19-/m0/s1. The molecule has 1 aromatic heterocycles. The maximum atomic E-state index is 12.6. The van der Waals surface area contributed by atoms with Crippen LogP contribution in [0.15, 0.2) is 65.1 Å². The van der Waals surface area contributed by atoms with E-state index in [1.165, 1.54) is 0 Å². The van der Waals surface area contributed by atoms with Crippen LogP contribution in [0, 0.1) is 0 Å². The number of carbonyl (C=O) groups excluding carboxylic acids is 2. The summed E-state index contributed by atoms with van der Waals surface area (Å²) in [6.45, 7) is 0. The van der Waals surface area contributed by atoms with Gasteiger partial charge in [0.15, 0.2) is 0 Å². The molecule has 1 aliphatic heterocycles. The molecule has 2 heterocycles. The van der Waals surface area contributed by atoms with Gasteiger partial charge in [-0.25, -0.2) is 0 Å². The Labute approximate surface area is 145 Å². The van der Waals surface area contributed by atoms with Gasteiger partial charge in [-0.2, -0.15) is 0 Å². The smallest absolute Gasteiger partial charge is 0.243 e. The van der Waals surface area contributed by atoms with Crippen LogP contribution in [-0.2, 0) is 9.59 Å². The van der Waals surface area contributed by atoms with Gasteiger partial charge >= 0.3 is 0 Å². The average molecular weight is 334 g/mol. The van der Waals surface area contributed by atoms with Crippen molar-refractivity contribution in [3.05, 3.63) is 72.0 Å². The zero-order valence-electron chi connectivity index (χ0n) is 13.6. The Bertz CT molecular complexity index is 884. The molecule has 0 bridgehead atoms. The van der Waals surface area contributed by atoms with Crippen LogP contribution < -0.4 is 10.6 Å². The predicted molar refractivity (Wildman–Crippen MR) is 93.8 cm³/mol. The topological polar surface area (TPSA) is 71.3 Å². The predicted octanol–water partition coefficient (Wildman–Crippen LogP) is 2.92. The molecular weight excluding hydrogens is 316 g/mol. The van der Waals surface area contributed by atoms with Gasteiger partial charge in [0, 0.05) is 11.8 Å². The van der Waals surface area contributed by atoms with Crippen LogP contribution in [0.5, 0.6) is 0 Å². The Balaban J connectivity index is 1.67. The van der Waals surface area contributed by atoms with Gasteiger partial charge in [0.1, 0.15) is 23.4 Å². The third-order valence-electron chi connectivity index (χ3n) is 4.46. The second kappa shape index (κ2) is 6.43. The van der Waals surface area contributed by atoms with Gasteiger partial charge in [-0.1, -0.05) is 48.5 Å². The van der Waals surface area contributed by atoms with E-state index in [0.29, 0.717) is 18.6 Å². The van der Waals surface area contributed by atoms with E-state index in [-0.39, 0.29) is 11.8 Å². The Morgan fingerprint density at radius 1 is 1.12 bits per heavy atom. The summed E-state index contributed by atoms with van der Waals surface area (Å²) in [5.74, 6) is 0.394. The number of hydrogen-bond donors (Lipinski definition) is 2. The number of para-hydroxylation sites is 1. The third kappa shape index (κ3) is 3.13. The van der Waals surface area contributed by atoms with Crippen molar-refractivity contribution in [3.63, 3.8) is 0 Å². The van der Waals surface area contributed by atoms with Crippen molar-refractivity contribution in [1.29, 1.82) is 0 Å². The van der Waals surface area contributed by atoms with Crippen LogP contribution in [0.1, 0.15) is 30.2 Å². The molecule has 5 nitrogen and oxygen atoms in total. The summed E-state index contributed by atoms with van der Waals surface area (Å²) in [4.78, 5) is 24.0. The highest BCUT2D eigenvalue weighted by molar-refractivity contribution is 5.91. The normalized spacial score (nSPS) is 18.1. The molecule has 1 saturated heterocycles. The lowest BCUT2D eigenvalue weighted by atomic mass is 10.0. The lowest BCUT2D eigenvalue weighted by molar-refractivity contribution is -0.126. The van der Waals surface area contributed by atoms with Crippen molar-refractivity contribution in [3.8, 4) is 0 Å². The van der Waals surface area contributed by atoms with Gasteiger partial charge in [-0.3, -0.25) is 9.59 Å². The Morgan fingerprint density at radius 2 is 1.88 bits per heavy atom. The van der Waals surface area contributed by atoms with Crippen molar-refractivity contribution in [1.82, 2.24) is 10.6 Å². The molecule has 25 heavy (non-hydrogen) atoms. The number of furan rings is 1. The van der Waals surface area contributed by atoms with E-state index in [2.05, 4.69) is 10.6 Å². The summed E-state index contributed by atoms with van der Waals surface area (Å²) in [5, 5.41) is 6.72. The maximum Gasteiger partial charge on any atom is 0.243 e. The van der Waals surface area contributed by atoms with Gasteiger partial charge in [-0.15, -0.1) is 0 Å². The fourth-order valence-electron chi connectivity index (χ4n) is 3.16.